The molecule has 4 rings (SSSR count). The highest BCUT2D eigenvalue weighted by atomic mass is 16.2. The second-order valence-electron chi connectivity index (χ2n) is 7.46. The lowest BCUT2D eigenvalue weighted by molar-refractivity contribution is -0.117. The predicted molar refractivity (Wildman–Crippen MR) is 103 cm³/mol. The minimum absolute atomic E-state index is 0.156. The highest BCUT2D eigenvalue weighted by Gasteiger charge is 2.31. The second-order valence-corrected chi connectivity index (χ2v) is 7.46. The van der Waals surface area contributed by atoms with Crippen LogP contribution in [0, 0.1) is 5.92 Å². The van der Waals surface area contributed by atoms with Crippen LogP contribution in [0.15, 0.2) is 42.5 Å². The standard InChI is InChI=1S/C22H22N2O3/c1-14-6-5-11-24(12-14)13-19(25)23-18-10-4-9-17-20(18)22(27)16-8-3-2-7-15(16)21(17)26/h2-4,7-10,14H,5-6,11-13H2,1H3,(H,23,25)/t14-/m1/s1. The summed E-state index contributed by atoms with van der Waals surface area (Å²) in [6.45, 7) is 4.31. The molecule has 1 heterocycles. The molecule has 1 atom stereocenters. The van der Waals surface area contributed by atoms with Crippen molar-refractivity contribution in [2.24, 2.45) is 5.92 Å². The number of amides is 1. The molecule has 0 aromatic heterocycles. The molecule has 1 aliphatic carbocycles. The first-order chi connectivity index (χ1) is 13.0. The SMILES string of the molecule is C[C@@H]1CCCN(CC(=O)Nc2cccc3c2C(=O)c2ccccc2C3=O)C1. The fourth-order valence-corrected chi connectivity index (χ4v) is 4.07. The number of piperidine rings is 1. The monoisotopic (exact) mass is 362 g/mol. The lowest BCUT2D eigenvalue weighted by Gasteiger charge is -2.30. The molecule has 0 radical (unpaired) electrons. The number of nitrogens with zero attached hydrogens (tertiary/aromatic N) is 1. The number of benzene rings is 2. The van der Waals surface area contributed by atoms with Crippen molar-refractivity contribution in [1.29, 1.82) is 0 Å². The molecule has 1 aliphatic heterocycles. The van der Waals surface area contributed by atoms with Gasteiger partial charge in [-0.3, -0.25) is 19.3 Å². The third-order valence-corrected chi connectivity index (χ3v) is 5.33. The number of anilines is 1. The van der Waals surface area contributed by atoms with Gasteiger partial charge in [0.05, 0.1) is 17.8 Å². The normalized spacial score (nSPS) is 19.4. The zero-order chi connectivity index (χ0) is 19.0. The smallest absolute Gasteiger partial charge is 0.238 e. The molecule has 2 aliphatic rings. The van der Waals surface area contributed by atoms with Gasteiger partial charge in [-0.2, -0.15) is 0 Å². The Morgan fingerprint density at radius 1 is 1.04 bits per heavy atom. The highest BCUT2D eigenvalue weighted by molar-refractivity contribution is 6.30. The molecule has 5 heteroatoms. The second kappa shape index (κ2) is 7.08. The number of nitrogens with one attached hydrogen (secondary N) is 1. The molecule has 0 unspecified atom stereocenters. The Balaban J connectivity index is 1.59. The van der Waals surface area contributed by atoms with Crippen molar-refractivity contribution in [2.75, 3.05) is 25.0 Å². The maximum atomic E-state index is 13.0. The molecule has 27 heavy (non-hydrogen) atoms. The maximum Gasteiger partial charge on any atom is 0.238 e. The summed E-state index contributed by atoms with van der Waals surface area (Å²) in [5.74, 6) is 0.0344. The number of ketones is 2. The minimum atomic E-state index is -0.220. The summed E-state index contributed by atoms with van der Waals surface area (Å²) in [6.07, 6.45) is 2.29. The Bertz CT molecular complexity index is 935. The summed E-state index contributed by atoms with van der Waals surface area (Å²) in [5.41, 5.74) is 1.86. The summed E-state index contributed by atoms with van der Waals surface area (Å²) in [5, 5.41) is 2.86. The van der Waals surface area contributed by atoms with Crippen LogP contribution >= 0.6 is 0 Å². The molecule has 1 fully saturated rings. The topological polar surface area (TPSA) is 66.5 Å². The van der Waals surface area contributed by atoms with Crippen LogP contribution in [-0.4, -0.2) is 42.0 Å². The van der Waals surface area contributed by atoms with Gasteiger partial charge in [0.25, 0.3) is 0 Å². The lowest BCUT2D eigenvalue weighted by Crippen LogP contribution is -2.40. The first-order valence-corrected chi connectivity index (χ1v) is 9.38. The quantitative estimate of drug-likeness (QED) is 0.777. The number of carbonyl (C=O) groups excluding carboxylic acids is 3. The Labute approximate surface area is 158 Å². The van der Waals surface area contributed by atoms with Gasteiger partial charge in [-0.25, -0.2) is 0 Å². The van der Waals surface area contributed by atoms with Crippen molar-refractivity contribution in [3.8, 4) is 0 Å². The third-order valence-electron chi connectivity index (χ3n) is 5.33. The van der Waals surface area contributed by atoms with Crippen LogP contribution in [0.2, 0.25) is 0 Å². The van der Waals surface area contributed by atoms with E-state index in [1.807, 2.05) is 0 Å². The van der Waals surface area contributed by atoms with Gasteiger partial charge < -0.3 is 5.32 Å². The molecule has 2 aromatic carbocycles. The Morgan fingerprint density at radius 3 is 2.48 bits per heavy atom. The van der Waals surface area contributed by atoms with E-state index in [0.717, 1.165) is 19.5 Å². The number of hydrogen-bond acceptors (Lipinski definition) is 4. The van der Waals surface area contributed by atoms with E-state index in [2.05, 4.69) is 17.1 Å². The summed E-state index contributed by atoms with van der Waals surface area (Å²) in [6, 6.07) is 11.9. The first-order valence-electron chi connectivity index (χ1n) is 9.38. The number of carbonyl (C=O) groups is 3. The molecule has 138 valence electrons. The largest absolute Gasteiger partial charge is 0.324 e. The van der Waals surface area contributed by atoms with Crippen LogP contribution in [0.4, 0.5) is 5.69 Å². The van der Waals surface area contributed by atoms with E-state index in [1.54, 1.807) is 42.5 Å². The molecule has 1 N–H and O–H groups in total. The van der Waals surface area contributed by atoms with Gasteiger partial charge in [-0.15, -0.1) is 0 Å². The van der Waals surface area contributed by atoms with E-state index in [-0.39, 0.29) is 17.5 Å². The fraction of sp³-hybridized carbons (Fsp3) is 0.318. The molecule has 0 spiro atoms. The van der Waals surface area contributed by atoms with Crippen molar-refractivity contribution in [3.63, 3.8) is 0 Å². The molecule has 1 amide bonds. The number of rotatable bonds is 3. The summed E-state index contributed by atoms with van der Waals surface area (Å²) < 4.78 is 0. The predicted octanol–water partition coefficient (Wildman–Crippen LogP) is 3.13. The van der Waals surface area contributed by atoms with Crippen molar-refractivity contribution in [1.82, 2.24) is 4.90 Å². The van der Waals surface area contributed by atoms with Gasteiger partial charge in [-0.05, 0) is 31.4 Å². The minimum Gasteiger partial charge on any atom is -0.324 e. The molecule has 0 bridgehead atoms. The van der Waals surface area contributed by atoms with E-state index >= 15 is 0 Å². The highest BCUT2D eigenvalue weighted by Crippen LogP contribution is 2.31. The van der Waals surface area contributed by atoms with Crippen LogP contribution < -0.4 is 5.32 Å². The number of likely N-dealkylation sites (tertiary alicyclic amines) is 1. The fourth-order valence-electron chi connectivity index (χ4n) is 4.07. The van der Waals surface area contributed by atoms with Crippen molar-refractivity contribution in [3.05, 3.63) is 64.7 Å². The molecule has 5 nitrogen and oxygen atoms in total. The van der Waals surface area contributed by atoms with Gasteiger partial charge in [0.1, 0.15) is 0 Å². The van der Waals surface area contributed by atoms with Crippen LogP contribution in [0.25, 0.3) is 0 Å². The van der Waals surface area contributed by atoms with Gasteiger partial charge in [0.2, 0.25) is 5.91 Å². The van der Waals surface area contributed by atoms with Gasteiger partial charge in [-0.1, -0.05) is 43.3 Å². The van der Waals surface area contributed by atoms with Crippen LogP contribution in [0.5, 0.6) is 0 Å². The van der Waals surface area contributed by atoms with Crippen molar-refractivity contribution >= 4 is 23.2 Å². The molecular weight excluding hydrogens is 340 g/mol. The zero-order valence-corrected chi connectivity index (χ0v) is 15.3. The molecule has 2 aromatic rings. The van der Waals surface area contributed by atoms with Gasteiger partial charge >= 0.3 is 0 Å². The van der Waals surface area contributed by atoms with Crippen LogP contribution in [0.1, 0.15) is 51.6 Å². The van der Waals surface area contributed by atoms with E-state index in [9.17, 15) is 14.4 Å². The lowest BCUT2D eigenvalue weighted by atomic mass is 9.83. The Hall–Kier alpha value is -2.79. The van der Waals surface area contributed by atoms with Crippen LogP contribution in [-0.2, 0) is 4.79 Å². The summed E-state index contributed by atoms with van der Waals surface area (Å²) in [7, 11) is 0. The number of fused-ring (bicyclic) bond motifs is 2. The molecule has 1 saturated heterocycles. The average molecular weight is 362 g/mol. The molecular formula is C22H22N2O3. The van der Waals surface area contributed by atoms with E-state index in [1.165, 1.54) is 6.42 Å². The molecule has 0 saturated carbocycles. The van der Waals surface area contributed by atoms with E-state index in [4.69, 9.17) is 0 Å². The third kappa shape index (κ3) is 3.30. The first kappa shape index (κ1) is 17.6. The van der Waals surface area contributed by atoms with Gasteiger partial charge in [0.15, 0.2) is 11.6 Å². The maximum absolute atomic E-state index is 13.0. The average Bonchev–Trinajstić information content (AvgIpc) is 2.66. The summed E-state index contributed by atoms with van der Waals surface area (Å²) in [4.78, 5) is 40.4. The van der Waals surface area contributed by atoms with Crippen LogP contribution in [0.3, 0.4) is 0 Å². The van der Waals surface area contributed by atoms with Crippen molar-refractivity contribution < 1.29 is 14.4 Å². The Morgan fingerprint density at radius 2 is 1.74 bits per heavy atom. The number of hydrogen-bond donors (Lipinski definition) is 1. The zero-order valence-electron chi connectivity index (χ0n) is 15.3. The van der Waals surface area contributed by atoms with E-state index < -0.39 is 0 Å². The Kier molecular flexibility index (Phi) is 4.62. The van der Waals surface area contributed by atoms with E-state index in [0.29, 0.717) is 40.4 Å². The van der Waals surface area contributed by atoms with Gasteiger partial charge in [0, 0.05) is 23.2 Å². The van der Waals surface area contributed by atoms with Crippen molar-refractivity contribution in [2.45, 2.75) is 19.8 Å². The summed E-state index contributed by atoms with van der Waals surface area (Å²) >= 11 is 0.